The van der Waals surface area contributed by atoms with E-state index in [9.17, 15) is 0 Å². The minimum atomic E-state index is 0.686. The van der Waals surface area contributed by atoms with Crippen molar-refractivity contribution in [3.63, 3.8) is 0 Å². The minimum absolute atomic E-state index is 0.686. The second kappa shape index (κ2) is 10.6. The fraction of sp³-hybridized carbons (Fsp3) is 0. The molecule has 0 atom stereocenters. The average Bonchev–Trinajstić information content (AvgIpc) is 3.65. The van der Waals surface area contributed by atoms with Gasteiger partial charge in [-0.05, 0) is 66.7 Å². The standard InChI is InChI=1S/C40H26N4O2/c1-2-12-27(13-3-1)43(38-18-8-10-22-41-38)36-26-29(24-33-32-15-5-7-17-37(32)46-40(33)36)45-28-20-21-31-30-14-4-6-16-34(30)44(35(31)25-28)39-19-9-11-23-42-39/h1-26H. The van der Waals surface area contributed by atoms with Crippen molar-refractivity contribution in [3.8, 4) is 17.3 Å². The summed E-state index contributed by atoms with van der Waals surface area (Å²) < 4.78 is 15.5. The molecule has 5 aromatic carbocycles. The molecule has 0 unspecified atom stereocenters. The zero-order valence-electron chi connectivity index (χ0n) is 24.6. The van der Waals surface area contributed by atoms with Crippen molar-refractivity contribution in [1.29, 1.82) is 0 Å². The largest absolute Gasteiger partial charge is 0.457 e. The lowest BCUT2D eigenvalue weighted by molar-refractivity contribution is 0.484. The number of hydrogen-bond acceptors (Lipinski definition) is 5. The van der Waals surface area contributed by atoms with Gasteiger partial charge in [-0.2, -0.15) is 0 Å². The maximum absolute atomic E-state index is 6.74. The Balaban J connectivity index is 1.25. The van der Waals surface area contributed by atoms with Gasteiger partial charge in [0.25, 0.3) is 0 Å². The number of fused-ring (bicyclic) bond motifs is 6. The molecule has 0 radical (unpaired) electrons. The number of para-hydroxylation sites is 3. The Morgan fingerprint density at radius 1 is 0.543 bits per heavy atom. The number of rotatable bonds is 6. The quantitative estimate of drug-likeness (QED) is 0.192. The summed E-state index contributed by atoms with van der Waals surface area (Å²) >= 11 is 0. The van der Waals surface area contributed by atoms with E-state index in [4.69, 9.17) is 14.1 Å². The number of nitrogens with zero attached hydrogens (tertiary/aromatic N) is 4. The van der Waals surface area contributed by atoms with Crippen LogP contribution < -0.4 is 9.64 Å². The maximum Gasteiger partial charge on any atom is 0.159 e. The Labute approximate surface area is 264 Å². The number of benzene rings is 5. The first kappa shape index (κ1) is 26.0. The van der Waals surface area contributed by atoms with Crippen LogP contribution in [0.4, 0.5) is 17.2 Å². The lowest BCUT2D eigenvalue weighted by Crippen LogP contribution is -2.11. The number of aromatic nitrogens is 3. The predicted molar refractivity (Wildman–Crippen MR) is 185 cm³/mol. The summed E-state index contributed by atoms with van der Waals surface area (Å²) in [7, 11) is 0. The molecule has 0 aliphatic heterocycles. The molecule has 9 rings (SSSR count). The van der Waals surface area contributed by atoms with Crippen molar-refractivity contribution in [2.24, 2.45) is 0 Å². The lowest BCUT2D eigenvalue weighted by Gasteiger charge is -2.24. The molecule has 0 saturated carbocycles. The fourth-order valence-corrected chi connectivity index (χ4v) is 6.35. The predicted octanol–water partition coefficient (Wildman–Crippen LogP) is 10.7. The molecule has 6 nitrogen and oxygen atoms in total. The summed E-state index contributed by atoms with van der Waals surface area (Å²) in [5.74, 6) is 3.03. The Hall–Kier alpha value is -6.40. The highest BCUT2D eigenvalue weighted by atomic mass is 16.5. The van der Waals surface area contributed by atoms with Gasteiger partial charge in [-0.3, -0.25) is 9.47 Å². The van der Waals surface area contributed by atoms with Gasteiger partial charge in [0.15, 0.2) is 5.58 Å². The molecule has 6 heteroatoms. The second-order valence-electron chi connectivity index (χ2n) is 11.1. The third-order valence-electron chi connectivity index (χ3n) is 8.33. The van der Waals surface area contributed by atoms with Gasteiger partial charge in [-0.1, -0.05) is 66.7 Å². The summed E-state index contributed by atoms with van der Waals surface area (Å²) in [6.07, 6.45) is 3.62. The molecule has 46 heavy (non-hydrogen) atoms. The molecule has 0 spiro atoms. The normalized spacial score (nSPS) is 11.5. The van der Waals surface area contributed by atoms with Crippen LogP contribution in [0.3, 0.4) is 0 Å². The van der Waals surface area contributed by atoms with Gasteiger partial charge in [-0.25, -0.2) is 9.97 Å². The molecule has 0 N–H and O–H groups in total. The van der Waals surface area contributed by atoms with Gasteiger partial charge >= 0.3 is 0 Å². The average molecular weight is 595 g/mol. The summed E-state index contributed by atoms with van der Waals surface area (Å²) in [4.78, 5) is 11.5. The van der Waals surface area contributed by atoms with Crippen molar-refractivity contribution in [3.05, 3.63) is 158 Å². The Morgan fingerprint density at radius 3 is 2.11 bits per heavy atom. The van der Waals surface area contributed by atoms with Gasteiger partial charge in [0.05, 0.1) is 16.7 Å². The van der Waals surface area contributed by atoms with Crippen LogP contribution >= 0.6 is 0 Å². The van der Waals surface area contributed by atoms with Crippen molar-refractivity contribution in [2.45, 2.75) is 0 Å². The number of anilines is 3. The molecule has 4 heterocycles. The topological polar surface area (TPSA) is 56.3 Å². The number of hydrogen-bond donors (Lipinski definition) is 0. The van der Waals surface area contributed by atoms with Crippen LogP contribution in [0.5, 0.6) is 11.5 Å². The van der Waals surface area contributed by atoms with Crippen molar-refractivity contribution in [2.75, 3.05) is 4.90 Å². The highest BCUT2D eigenvalue weighted by Gasteiger charge is 2.22. The van der Waals surface area contributed by atoms with E-state index in [1.165, 1.54) is 0 Å². The van der Waals surface area contributed by atoms with Crippen LogP contribution in [0.25, 0.3) is 49.6 Å². The zero-order valence-corrected chi connectivity index (χ0v) is 24.6. The van der Waals surface area contributed by atoms with Crippen LogP contribution in [0, 0.1) is 0 Å². The first-order chi connectivity index (χ1) is 22.8. The highest BCUT2D eigenvalue weighted by Crippen LogP contribution is 2.45. The van der Waals surface area contributed by atoms with Gasteiger partial charge in [0.1, 0.15) is 28.7 Å². The molecule has 0 bridgehead atoms. The third-order valence-corrected chi connectivity index (χ3v) is 8.33. The molecule has 0 aliphatic rings. The SMILES string of the molecule is c1ccc(N(c2ccccn2)c2cc(Oc3ccc4c5ccccc5n(-c5ccccn5)c4c3)cc3c2oc2ccccc23)cc1. The van der Waals surface area contributed by atoms with Crippen LogP contribution in [-0.2, 0) is 0 Å². The maximum atomic E-state index is 6.74. The van der Waals surface area contributed by atoms with E-state index in [1.54, 1.807) is 6.20 Å². The van der Waals surface area contributed by atoms with Crippen LogP contribution in [0.2, 0.25) is 0 Å². The smallest absolute Gasteiger partial charge is 0.159 e. The van der Waals surface area contributed by atoms with Crippen molar-refractivity contribution in [1.82, 2.24) is 14.5 Å². The monoisotopic (exact) mass is 594 g/mol. The summed E-state index contributed by atoms with van der Waals surface area (Å²) in [5, 5.41) is 4.28. The van der Waals surface area contributed by atoms with E-state index >= 15 is 0 Å². The third kappa shape index (κ3) is 4.27. The van der Waals surface area contributed by atoms with Gasteiger partial charge in [0.2, 0.25) is 0 Å². The summed E-state index contributed by atoms with van der Waals surface area (Å²) in [6.45, 7) is 0. The van der Waals surface area contributed by atoms with Gasteiger partial charge in [-0.15, -0.1) is 0 Å². The molecule has 0 saturated heterocycles. The van der Waals surface area contributed by atoms with Crippen LogP contribution in [-0.4, -0.2) is 14.5 Å². The van der Waals surface area contributed by atoms with E-state index in [2.05, 4.69) is 75.1 Å². The molecule has 9 aromatic rings. The second-order valence-corrected chi connectivity index (χ2v) is 11.1. The van der Waals surface area contributed by atoms with Crippen molar-refractivity contribution < 1.29 is 9.15 Å². The van der Waals surface area contributed by atoms with Gasteiger partial charge in [0, 0.05) is 51.8 Å². The Kier molecular flexibility index (Phi) is 6.03. The van der Waals surface area contributed by atoms with Crippen LogP contribution in [0.1, 0.15) is 0 Å². The fourth-order valence-electron chi connectivity index (χ4n) is 6.35. The molecule has 0 amide bonds. The molecule has 218 valence electrons. The molecular weight excluding hydrogens is 568 g/mol. The zero-order chi connectivity index (χ0) is 30.5. The van der Waals surface area contributed by atoms with E-state index in [0.717, 1.165) is 72.5 Å². The van der Waals surface area contributed by atoms with Crippen LogP contribution in [0.15, 0.2) is 162 Å². The molecule has 0 fully saturated rings. The first-order valence-electron chi connectivity index (χ1n) is 15.2. The van der Waals surface area contributed by atoms with E-state index in [-0.39, 0.29) is 0 Å². The summed E-state index contributed by atoms with van der Waals surface area (Å²) in [5.41, 5.74) is 5.47. The van der Waals surface area contributed by atoms with E-state index in [1.807, 2.05) is 91.1 Å². The molecular formula is C40H26N4O2. The van der Waals surface area contributed by atoms with E-state index < -0.39 is 0 Å². The van der Waals surface area contributed by atoms with Gasteiger partial charge < -0.3 is 9.15 Å². The molecule has 0 aliphatic carbocycles. The van der Waals surface area contributed by atoms with Crippen molar-refractivity contribution >= 4 is 60.9 Å². The summed E-state index contributed by atoms with van der Waals surface area (Å²) in [6, 6.07) is 48.9. The minimum Gasteiger partial charge on any atom is -0.457 e. The lowest BCUT2D eigenvalue weighted by atomic mass is 10.1. The first-order valence-corrected chi connectivity index (χ1v) is 15.2. The Bertz CT molecular complexity index is 2470. The highest BCUT2D eigenvalue weighted by molar-refractivity contribution is 6.11. The van der Waals surface area contributed by atoms with E-state index in [0.29, 0.717) is 5.75 Å². The molecule has 4 aromatic heterocycles. The number of furan rings is 1. The Morgan fingerprint density at radius 2 is 1.28 bits per heavy atom. The number of ether oxygens (including phenoxy) is 1. The number of pyridine rings is 2.